The van der Waals surface area contributed by atoms with Gasteiger partial charge in [-0.1, -0.05) is 0 Å². The number of rotatable bonds is 4. The molecule has 8 nitrogen and oxygen atoms in total. The molecule has 0 unspecified atom stereocenters. The molecular formula is C21H29N7O. The number of aromatic nitrogens is 2. The molecule has 2 fully saturated rings. The van der Waals surface area contributed by atoms with Crippen LogP contribution in [0.1, 0.15) is 31.2 Å². The van der Waals surface area contributed by atoms with Crippen molar-refractivity contribution < 1.29 is 4.74 Å². The van der Waals surface area contributed by atoms with Gasteiger partial charge >= 0.3 is 0 Å². The second kappa shape index (κ2) is 9.28. The van der Waals surface area contributed by atoms with Gasteiger partial charge in [-0.2, -0.15) is 0 Å². The summed E-state index contributed by atoms with van der Waals surface area (Å²) in [5, 5.41) is 4.65. The Balaban J connectivity index is 1.48. The molecule has 0 atom stereocenters. The lowest BCUT2D eigenvalue weighted by atomic mass is 9.90. The number of morpholine rings is 1. The van der Waals surface area contributed by atoms with E-state index in [0.29, 0.717) is 17.9 Å². The molecule has 1 aliphatic heterocycles. The number of hydrogen-bond donors (Lipinski definition) is 2. The van der Waals surface area contributed by atoms with Crippen LogP contribution in [0.25, 0.3) is 10.9 Å². The van der Waals surface area contributed by atoms with E-state index < -0.39 is 0 Å². The Kier molecular flexibility index (Phi) is 6.31. The Bertz CT molecular complexity index is 884. The predicted molar refractivity (Wildman–Crippen MR) is 117 cm³/mol. The number of ether oxygens (including phenoxy) is 1. The summed E-state index contributed by atoms with van der Waals surface area (Å²) in [6, 6.07) is 7.08. The fraction of sp³-hybridized carbons (Fsp3) is 0.524. The second-order valence-corrected chi connectivity index (χ2v) is 7.58. The fourth-order valence-electron chi connectivity index (χ4n) is 4.36. The molecule has 0 bridgehead atoms. The van der Waals surface area contributed by atoms with E-state index in [1.807, 2.05) is 18.2 Å². The summed E-state index contributed by atoms with van der Waals surface area (Å²) in [6.07, 6.45) is 7.60. The second-order valence-electron chi connectivity index (χ2n) is 7.58. The third kappa shape index (κ3) is 4.54. The Morgan fingerprint density at radius 1 is 1.21 bits per heavy atom. The monoisotopic (exact) mass is 395 g/mol. The molecule has 29 heavy (non-hydrogen) atoms. The third-order valence-electron chi connectivity index (χ3n) is 5.90. The van der Waals surface area contributed by atoms with E-state index >= 15 is 0 Å². The van der Waals surface area contributed by atoms with Crippen molar-refractivity contribution in [2.24, 2.45) is 15.7 Å². The van der Waals surface area contributed by atoms with Gasteiger partial charge in [0, 0.05) is 43.2 Å². The van der Waals surface area contributed by atoms with Gasteiger partial charge in [0.25, 0.3) is 0 Å². The van der Waals surface area contributed by atoms with Gasteiger partial charge in [0.05, 0.1) is 25.1 Å². The molecule has 154 valence electrons. The van der Waals surface area contributed by atoms with Gasteiger partial charge in [-0.05, 0) is 43.9 Å². The van der Waals surface area contributed by atoms with E-state index in [1.54, 1.807) is 13.4 Å². The molecule has 0 radical (unpaired) electrons. The lowest BCUT2D eigenvalue weighted by molar-refractivity contribution is 0.00791. The number of aliphatic imine (C=N–C) groups is 2. The SMILES string of the molecule is CN=C(N=CN)c1ccc2ncnc(NC3CCC(N4CCOCC4)CC3)c2c1. The van der Waals surface area contributed by atoms with Crippen molar-refractivity contribution in [2.45, 2.75) is 37.8 Å². The summed E-state index contributed by atoms with van der Waals surface area (Å²) < 4.78 is 5.49. The minimum atomic E-state index is 0.426. The van der Waals surface area contributed by atoms with Crippen LogP contribution in [-0.2, 0) is 4.74 Å². The van der Waals surface area contributed by atoms with E-state index in [2.05, 4.69) is 30.2 Å². The van der Waals surface area contributed by atoms with Crippen molar-refractivity contribution in [1.29, 1.82) is 0 Å². The molecule has 1 aliphatic carbocycles. The highest BCUT2D eigenvalue weighted by molar-refractivity contribution is 6.05. The highest BCUT2D eigenvalue weighted by atomic mass is 16.5. The van der Waals surface area contributed by atoms with Gasteiger partial charge in [0.2, 0.25) is 0 Å². The van der Waals surface area contributed by atoms with Crippen LogP contribution in [0.2, 0.25) is 0 Å². The topological polar surface area (TPSA) is 101 Å². The van der Waals surface area contributed by atoms with Crippen molar-refractivity contribution in [2.75, 3.05) is 38.7 Å². The molecule has 0 spiro atoms. The smallest absolute Gasteiger partial charge is 0.156 e. The predicted octanol–water partition coefficient (Wildman–Crippen LogP) is 2.05. The van der Waals surface area contributed by atoms with Gasteiger partial charge in [0.1, 0.15) is 12.1 Å². The number of amidine groups is 1. The van der Waals surface area contributed by atoms with Crippen molar-refractivity contribution in [1.82, 2.24) is 14.9 Å². The first kappa shape index (κ1) is 19.7. The van der Waals surface area contributed by atoms with Crippen LogP contribution in [0.15, 0.2) is 34.5 Å². The first-order valence-corrected chi connectivity index (χ1v) is 10.3. The molecular weight excluding hydrogens is 366 g/mol. The Morgan fingerprint density at radius 3 is 2.72 bits per heavy atom. The molecule has 2 heterocycles. The van der Waals surface area contributed by atoms with Crippen LogP contribution >= 0.6 is 0 Å². The van der Waals surface area contributed by atoms with E-state index in [0.717, 1.165) is 61.4 Å². The maximum Gasteiger partial charge on any atom is 0.156 e. The largest absolute Gasteiger partial charge is 0.390 e. The number of benzene rings is 1. The summed E-state index contributed by atoms with van der Waals surface area (Å²) in [4.78, 5) is 19.9. The van der Waals surface area contributed by atoms with E-state index in [1.165, 1.54) is 19.2 Å². The first-order valence-electron chi connectivity index (χ1n) is 10.3. The van der Waals surface area contributed by atoms with Crippen molar-refractivity contribution >= 4 is 28.9 Å². The Morgan fingerprint density at radius 2 is 2.00 bits per heavy atom. The maximum atomic E-state index is 5.49. The van der Waals surface area contributed by atoms with Crippen LogP contribution in [0, 0.1) is 0 Å². The summed E-state index contributed by atoms with van der Waals surface area (Å²) in [5.74, 6) is 1.47. The van der Waals surface area contributed by atoms with Crippen molar-refractivity contribution in [3.05, 3.63) is 30.1 Å². The molecule has 2 aliphatic rings. The molecule has 3 N–H and O–H groups in total. The van der Waals surface area contributed by atoms with E-state index in [9.17, 15) is 0 Å². The number of nitrogens with zero attached hydrogens (tertiary/aromatic N) is 5. The number of nitrogens with two attached hydrogens (primary N) is 1. The third-order valence-corrected chi connectivity index (χ3v) is 5.90. The molecule has 1 aromatic carbocycles. The van der Waals surface area contributed by atoms with E-state index in [4.69, 9.17) is 10.5 Å². The normalized spacial score (nSPS) is 24.2. The number of hydrogen-bond acceptors (Lipinski definition) is 6. The lowest BCUT2D eigenvalue weighted by Gasteiger charge is -2.39. The number of anilines is 1. The minimum Gasteiger partial charge on any atom is -0.390 e. The van der Waals surface area contributed by atoms with Crippen LogP contribution in [0.4, 0.5) is 5.82 Å². The zero-order valence-corrected chi connectivity index (χ0v) is 16.9. The summed E-state index contributed by atoms with van der Waals surface area (Å²) in [7, 11) is 1.71. The Labute approximate surface area is 171 Å². The van der Waals surface area contributed by atoms with Crippen LogP contribution in [0.3, 0.4) is 0 Å². The lowest BCUT2D eigenvalue weighted by Crippen LogP contribution is -2.46. The highest BCUT2D eigenvalue weighted by Crippen LogP contribution is 2.28. The van der Waals surface area contributed by atoms with Crippen LogP contribution < -0.4 is 11.1 Å². The summed E-state index contributed by atoms with van der Waals surface area (Å²) >= 11 is 0. The standard InChI is InChI=1S/C21H29N7O/c1-23-20(24-13-22)15-2-7-19-18(12-15)21(26-14-25-19)27-16-3-5-17(6-4-16)28-8-10-29-11-9-28/h2,7,12-14,16-17H,3-6,8-11H2,1H3,(H2,22,23,24)(H,25,26,27). The van der Waals surface area contributed by atoms with Gasteiger partial charge in [0.15, 0.2) is 5.84 Å². The fourth-order valence-corrected chi connectivity index (χ4v) is 4.36. The molecule has 8 heteroatoms. The molecule has 1 saturated heterocycles. The van der Waals surface area contributed by atoms with Gasteiger partial charge in [-0.15, -0.1) is 0 Å². The Hall–Kier alpha value is -2.58. The quantitative estimate of drug-likeness (QED) is 0.607. The zero-order chi connectivity index (χ0) is 20.1. The number of fused-ring (bicyclic) bond motifs is 1. The van der Waals surface area contributed by atoms with Crippen LogP contribution in [0.5, 0.6) is 0 Å². The van der Waals surface area contributed by atoms with Crippen LogP contribution in [-0.4, -0.2) is 72.5 Å². The summed E-state index contributed by atoms with van der Waals surface area (Å²) in [5.41, 5.74) is 7.26. The van der Waals surface area contributed by atoms with E-state index in [-0.39, 0.29) is 0 Å². The molecule has 1 aromatic heterocycles. The van der Waals surface area contributed by atoms with Gasteiger partial charge in [-0.3, -0.25) is 9.89 Å². The van der Waals surface area contributed by atoms with Crippen molar-refractivity contribution in [3.8, 4) is 0 Å². The average Bonchev–Trinajstić information content (AvgIpc) is 2.78. The maximum absolute atomic E-state index is 5.49. The zero-order valence-electron chi connectivity index (χ0n) is 16.9. The summed E-state index contributed by atoms with van der Waals surface area (Å²) in [6.45, 7) is 3.86. The molecule has 2 aromatic rings. The van der Waals surface area contributed by atoms with Crippen molar-refractivity contribution in [3.63, 3.8) is 0 Å². The molecule has 0 amide bonds. The average molecular weight is 396 g/mol. The number of nitrogens with one attached hydrogen (secondary N) is 1. The van der Waals surface area contributed by atoms with Gasteiger partial charge < -0.3 is 15.8 Å². The van der Waals surface area contributed by atoms with Gasteiger partial charge in [-0.25, -0.2) is 15.0 Å². The molecule has 4 rings (SSSR count). The first-order chi connectivity index (χ1) is 14.3. The highest BCUT2D eigenvalue weighted by Gasteiger charge is 2.27. The minimum absolute atomic E-state index is 0.426. The molecule has 1 saturated carbocycles.